The quantitative estimate of drug-likeness (QED) is 0.755. The molecule has 0 spiro atoms. The number of carbonyl (C=O) groups is 2. The van der Waals surface area contributed by atoms with Gasteiger partial charge in [-0.1, -0.05) is 18.2 Å². The Labute approximate surface area is 124 Å². The summed E-state index contributed by atoms with van der Waals surface area (Å²) < 4.78 is 10.3. The lowest BCUT2D eigenvalue weighted by Gasteiger charge is -2.15. The molecule has 1 atom stereocenters. The van der Waals surface area contributed by atoms with E-state index in [2.05, 4.69) is 5.32 Å². The van der Waals surface area contributed by atoms with Crippen LogP contribution in [-0.2, 0) is 14.3 Å². The fourth-order valence-corrected chi connectivity index (χ4v) is 1.89. The molecule has 0 bridgehead atoms. The third-order valence-corrected chi connectivity index (χ3v) is 3.00. The molecular weight excluding hydrogens is 274 g/mol. The van der Waals surface area contributed by atoms with Crippen molar-refractivity contribution in [1.29, 1.82) is 0 Å². The first-order valence-electron chi connectivity index (χ1n) is 6.65. The fourth-order valence-electron chi connectivity index (χ4n) is 1.89. The smallest absolute Gasteiger partial charge is 0.326 e. The fraction of sp³-hybridized carbons (Fsp3) is 0.467. The summed E-state index contributed by atoms with van der Waals surface area (Å²) in [7, 11) is 1.48. The largest absolute Gasteiger partial charge is 0.483 e. The van der Waals surface area contributed by atoms with Gasteiger partial charge in [-0.25, -0.2) is 4.79 Å². The Morgan fingerprint density at radius 3 is 2.43 bits per heavy atom. The molecule has 6 heteroatoms. The number of rotatable bonds is 8. The Hall–Kier alpha value is -2.08. The molecule has 0 saturated heterocycles. The molecule has 0 aliphatic carbocycles. The van der Waals surface area contributed by atoms with Crippen molar-refractivity contribution in [3.05, 3.63) is 29.3 Å². The van der Waals surface area contributed by atoms with Crippen LogP contribution in [0.25, 0.3) is 0 Å². The van der Waals surface area contributed by atoms with Crippen molar-refractivity contribution in [2.45, 2.75) is 26.3 Å². The van der Waals surface area contributed by atoms with Gasteiger partial charge < -0.3 is 19.9 Å². The summed E-state index contributed by atoms with van der Waals surface area (Å²) in [6.45, 7) is 3.81. The lowest BCUT2D eigenvalue weighted by molar-refractivity contribution is -0.142. The van der Waals surface area contributed by atoms with Gasteiger partial charge in [-0.3, -0.25) is 4.79 Å². The average molecular weight is 295 g/mol. The minimum absolute atomic E-state index is 0.209. The maximum absolute atomic E-state index is 11.8. The van der Waals surface area contributed by atoms with Crippen molar-refractivity contribution in [3.8, 4) is 5.75 Å². The number of carboxylic acids is 1. The van der Waals surface area contributed by atoms with Gasteiger partial charge in [0.05, 0.1) is 0 Å². The van der Waals surface area contributed by atoms with Gasteiger partial charge in [-0.2, -0.15) is 0 Å². The summed E-state index contributed by atoms with van der Waals surface area (Å²) in [5, 5.41) is 11.4. The van der Waals surface area contributed by atoms with Crippen LogP contribution in [0.4, 0.5) is 0 Å². The first kappa shape index (κ1) is 17.0. The average Bonchev–Trinajstić information content (AvgIpc) is 2.42. The third kappa shape index (κ3) is 5.43. The number of ether oxygens (including phenoxy) is 2. The van der Waals surface area contributed by atoms with E-state index in [9.17, 15) is 9.59 Å². The molecule has 0 aliphatic heterocycles. The van der Waals surface area contributed by atoms with E-state index in [-0.39, 0.29) is 19.6 Å². The Kier molecular flexibility index (Phi) is 6.68. The van der Waals surface area contributed by atoms with Crippen LogP contribution >= 0.6 is 0 Å². The van der Waals surface area contributed by atoms with E-state index in [1.165, 1.54) is 7.11 Å². The highest BCUT2D eigenvalue weighted by Crippen LogP contribution is 2.21. The summed E-state index contributed by atoms with van der Waals surface area (Å²) >= 11 is 0. The summed E-state index contributed by atoms with van der Waals surface area (Å²) in [5.74, 6) is -0.912. The van der Waals surface area contributed by atoms with Crippen LogP contribution < -0.4 is 10.1 Å². The van der Waals surface area contributed by atoms with Gasteiger partial charge in [0.15, 0.2) is 6.61 Å². The van der Waals surface area contributed by atoms with Gasteiger partial charge in [0.25, 0.3) is 5.91 Å². The van der Waals surface area contributed by atoms with Crippen LogP contribution in [0.15, 0.2) is 18.2 Å². The SMILES string of the molecule is COCCC(NC(=O)COc1c(C)cccc1C)C(=O)O. The minimum atomic E-state index is -1.09. The Bertz CT molecular complexity index is 481. The summed E-state index contributed by atoms with van der Waals surface area (Å²) in [6.07, 6.45) is 0.209. The normalized spacial score (nSPS) is 11.8. The van der Waals surface area contributed by atoms with Crippen LogP contribution in [0.1, 0.15) is 17.5 Å². The second-order valence-electron chi connectivity index (χ2n) is 4.75. The summed E-state index contributed by atoms with van der Waals surface area (Å²) in [5.41, 5.74) is 1.86. The van der Waals surface area contributed by atoms with Gasteiger partial charge in [0.1, 0.15) is 11.8 Å². The third-order valence-electron chi connectivity index (χ3n) is 3.00. The monoisotopic (exact) mass is 295 g/mol. The number of aliphatic carboxylic acids is 1. The molecule has 1 unspecified atom stereocenters. The highest BCUT2D eigenvalue weighted by molar-refractivity contribution is 5.84. The van der Waals surface area contributed by atoms with E-state index < -0.39 is 17.9 Å². The lowest BCUT2D eigenvalue weighted by Crippen LogP contribution is -2.43. The van der Waals surface area contributed by atoms with Crippen LogP contribution in [0, 0.1) is 13.8 Å². The molecule has 1 aromatic rings. The van der Waals surface area contributed by atoms with E-state index in [0.717, 1.165) is 11.1 Å². The molecule has 21 heavy (non-hydrogen) atoms. The molecule has 6 nitrogen and oxygen atoms in total. The molecular formula is C15H21NO5. The number of methoxy groups -OCH3 is 1. The highest BCUT2D eigenvalue weighted by atomic mass is 16.5. The molecule has 0 saturated carbocycles. The van der Waals surface area contributed by atoms with Gasteiger partial charge in [-0.15, -0.1) is 0 Å². The minimum Gasteiger partial charge on any atom is -0.483 e. The lowest BCUT2D eigenvalue weighted by atomic mass is 10.1. The zero-order valence-electron chi connectivity index (χ0n) is 12.5. The molecule has 116 valence electrons. The van der Waals surface area contributed by atoms with Crippen molar-refractivity contribution in [2.75, 3.05) is 20.3 Å². The summed E-state index contributed by atoms with van der Waals surface area (Å²) in [4.78, 5) is 22.8. The van der Waals surface area contributed by atoms with Crippen LogP contribution in [0.3, 0.4) is 0 Å². The Morgan fingerprint density at radius 2 is 1.90 bits per heavy atom. The zero-order chi connectivity index (χ0) is 15.8. The standard InChI is InChI=1S/C15H21NO5/c1-10-5-4-6-11(2)14(10)21-9-13(17)16-12(15(18)19)7-8-20-3/h4-6,12H,7-9H2,1-3H3,(H,16,17)(H,18,19). The van der Waals surface area contributed by atoms with E-state index >= 15 is 0 Å². The van der Waals surface area contributed by atoms with E-state index in [4.69, 9.17) is 14.6 Å². The highest BCUT2D eigenvalue weighted by Gasteiger charge is 2.19. The number of carbonyl (C=O) groups excluding carboxylic acids is 1. The van der Waals surface area contributed by atoms with Crippen LogP contribution in [0.5, 0.6) is 5.75 Å². The predicted octanol–water partition coefficient (Wildman–Crippen LogP) is 1.29. The van der Waals surface area contributed by atoms with E-state index in [1.54, 1.807) is 0 Å². The first-order valence-corrected chi connectivity index (χ1v) is 6.65. The van der Waals surface area contributed by atoms with Gasteiger partial charge >= 0.3 is 5.97 Å². The molecule has 0 aliphatic rings. The van der Waals surface area contributed by atoms with E-state index in [0.29, 0.717) is 5.75 Å². The first-order chi connectivity index (χ1) is 9.95. The predicted molar refractivity (Wildman–Crippen MR) is 77.5 cm³/mol. The number of carboxylic acid groups (broad SMARTS) is 1. The number of benzene rings is 1. The molecule has 0 fully saturated rings. The zero-order valence-corrected chi connectivity index (χ0v) is 12.5. The van der Waals surface area contributed by atoms with Crippen LogP contribution in [-0.4, -0.2) is 43.3 Å². The summed E-state index contributed by atoms with van der Waals surface area (Å²) in [6, 6.07) is 4.71. The van der Waals surface area contributed by atoms with Gasteiger partial charge in [0.2, 0.25) is 0 Å². The molecule has 0 radical (unpaired) electrons. The number of aryl methyl sites for hydroxylation is 2. The molecule has 2 N–H and O–H groups in total. The number of hydrogen-bond acceptors (Lipinski definition) is 4. The second-order valence-corrected chi connectivity index (χ2v) is 4.75. The molecule has 1 aromatic carbocycles. The maximum atomic E-state index is 11.8. The van der Waals surface area contributed by atoms with Gasteiger partial charge in [-0.05, 0) is 25.0 Å². The Balaban J connectivity index is 2.55. The number of nitrogens with one attached hydrogen (secondary N) is 1. The number of hydrogen-bond donors (Lipinski definition) is 2. The maximum Gasteiger partial charge on any atom is 0.326 e. The van der Waals surface area contributed by atoms with Gasteiger partial charge in [0, 0.05) is 20.1 Å². The van der Waals surface area contributed by atoms with Crippen molar-refractivity contribution < 1.29 is 24.2 Å². The van der Waals surface area contributed by atoms with Crippen molar-refractivity contribution in [1.82, 2.24) is 5.32 Å². The number of para-hydroxylation sites is 1. The topological polar surface area (TPSA) is 84.9 Å². The second kappa shape index (κ2) is 8.26. The molecule has 0 aromatic heterocycles. The van der Waals surface area contributed by atoms with Crippen LogP contribution in [0.2, 0.25) is 0 Å². The number of amides is 1. The van der Waals surface area contributed by atoms with Crippen molar-refractivity contribution >= 4 is 11.9 Å². The van der Waals surface area contributed by atoms with Crippen molar-refractivity contribution in [2.24, 2.45) is 0 Å². The van der Waals surface area contributed by atoms with E-state index in [1.807, 2.05) is 32.0 Å². The van der Waals surface area contributed by atoms with Crippen molar-refractivity contribution in [3.63, 3.8) is 0 Å². The molecule has 0 heterocycles. The Morgan fingerprint density at radius 1 is 1.29 bits per heavy atom. The molecule has 1 rings (SSSR count). The molecule has 1 amide bonds.